The summed E-state index contributed by atoms with van der Waals surface area (Å²) in [6.07, 6.45) is 3.89. The van der Waals surface area contributed by atoms with Gasteiger partial charge in [0.2, 0.25) is 0 Å². The summed E-state index contributed by atoms with van der Waals surface area (Å²) in [5.41, 5.74) is 0.0741. The molecule has 0 aromatic heterocycles. The fourth-order valence-corrected chi connectivity index (χ4v) is 4.49. The molecule has 4 nitrogen and oxygen atoms in total. The number of hydrogen-bond acceptors (Lipinski definition) is 3. The highest BCUT2D eigenvalue weighted by molar-refractivity contribution is 5.94. The van der Waals surface area contributed by atoms with E-state index in [1.165, 1.54) is 19.3 Å². The number of amides is 1. The maximum absolute atomic E-state index is 13.4. The van der Waals surface area contributed by atoms with Crippen LogP contribution in [0.3, 0.4) is 0 Å². The molecule has 3 aliphatic rings. The van der Waals surface area contributed by atoms with Crippen LogP contribution in [0.25, 0.3) is 0 Å². The van der Waals surface area contributed by atoms with E-state index in [1.807, 2.05) is 0 Å². The minimum absolute atomic E-state index is 0.0529. The number of fused-ring (bicyclic) bond motifs is 1. The number of benzene rings is 1. The van der Waals surface area contributed by atoms with Gasteiger partial charge in [0.05, 0.1) is 12.7 Å². The molecule has 0 saturated carbocycles. The van der Waals surface area contributed by atoms with Gasteiger partial charge in [-0.05, 0) is 38.1 Å². The van der Waals surface area contributed by atoms with Gasteiger partial charge in [-0.25, -0.2) is 8.78 Å². The molecule has 3 fully saturated rings. The highest BCUT2D eigenvalue weighted by Crippen LogP contribution is 2.35. The van der Waals surface area contributed by atoms with Crippen molar-refractivity contribution in [2.45, 2.75) is 25.4 Å². The Balaban J connectivity index is 1.41. The van der Waals surface area contributed by atoms with Crippen LogP contribution in [0, 0.1) is 23.5 Å². The molecular formula is C19H24F2N2O2. The molecule has 1 aromatic rings. The average Bonchev–Trinajstić information content (AvgIpc) is 3.16. The highest BCUT2D eigenvalue weighted by atomic mass is 19.1. The number of likely N-dealkylation sites (tertiary alicyclic amines) is 2. The zero-order valence-electron chi connectivity index (χ0n) is 14.3. The minimum Gasteiger partial charge on any atom is -0.376 e. The number of carbonyl (C=O) groups is 1. The van der Waals surface area contributed by atoms with Gasteiger partial charge >= 0.3 is 0 Å². The maximum atomic E-state index is 13.4. The van der Waals surface area contributed by atoms with Crippen LogP contribution < -0.4 is 0 Å². The number of ether oxygens (including phenoxy) is 1. The van der Waals surface area contributed by atoms with Gasteiger partial charge in [-0.15, -0.1) is 0 Å². The molecule has 25 heavy (non-hydrogen) atoms. The first-order valence-electron chi connectivity index (χ1n) is 9.19. The van der Waals surface area contributed by atoms with Crippen molar-refractivity contribution < 1.29 is 18.3 Å². The molecule has 3 saturated heterocycles. The molecular weight excluding hydrogens is 326 g/mol. The molecule has 0 bridgehead atoms. The summed E-state index contributed by atoms with van der Waals surface area (Å²) in [4.78, 5) is 16.8. The van der Waals surface area contributed by atoms with Gasteiger partial charge in [0, 0.05) is 43.1 Å². The van der Waals surface area contributed by atoms with Crippen LogP contribution in [0.15, 0.2) is 18.2 Å². The summed E-state index contributed by atoms with van der Waals surface area (Å²) in [6.45, 7) is 5.21. The number of carbonyl (C=O) groups excluding carboxylic acids is 1. The van der Waals surface area contributed by atoms with Crippen molar-refractivity contribution in [3.8, 4) is 0 Å². The molecule has 3 atom stereocenters. The van der Waals surface area contributed by atoms with Crippen LogP contribution >= 0.6 is 0 Å². The van der Waals surface area contributed by atoms with E-state index in [-0.39, 0.29) is 17.6 Å². The van der Waals surface area contributed by atoms with Gasteiger partial charge < -0.3 is 14.5 Å². The van der Waals surface area contributed by atoms with E-state index >= 15 is 0 Å². The fraction of sp³-hybridized carbons (Fsp3) is 0.632. The molecule has 1 aromatic carbocycles. The quantitative estimate of drug-likeness (QED) is 0.840. The normalized spacial score (nSPS) is 29.8. The van der Waals surface area contributed by atoms with Crippen LogP contribution in [-0.4, -0.2) is 61.1 Å². The van der Waals surface area contributed by atoms with Crippen molar-refractivity contribution in [2.24, 2.45) is 11.8 Å². The molecule has 0 radical (unpaired) electrons. The monoisotopic (exact) mass is 350 g/mol. The summed E-state index contributed by atoms with van der Waals surface area (Å²) < 4.78 is 32.7. The second-order valence-electron chi connectivity index (χ2n) is 7.53. The lowest BCUT2D eigenvalue weighted by Crippen LogP contribution is -2.38. The Hall–Kier alpha value is -1.53. The molecule has 3 aliphatic heterocycles. The van der Waals surface area contributed by atoms with Gasteiger partial charge in [0.1, 0.15) is 11.6 Å². The lowest BCUT2D eigenvalue weighted by atomic mass is 9.92. The molecule has 6 heteroatoms. The molecule has 136 valence electrons. The standard InChI is InChI=1S/C19H24F2N2O2/c20-15-6-13(7-16(21)8-15)19(24)23-10-17-14(12-25-18(17)11-23)9-22-4-2-1-3-5-22/h6-8,14,17-18H,1-5,9-12H2/t14-,17+,18+/m0/s1. The second kappa shape index (κ2) is 7.00. The maximum Gasteiger partial charge on any atom is 0.254 e. The Kier molecular flexibility index (Phi) is 4.73. The third kappa shape index (κ3) is 3.55. The van der Waals surface area contributed by atoms with Crippen molar-refractivity contribution in [3.63, 3.8) is 0 Å². The smallest absolute Gasteiger partial charge is 0.254 e. The predicted octanol–water partition coefficient (Wildman–Crippen LogP) is 2.54. The number of piperidine rings is 1. The van der Waals surface area contributed by atoms with Gasteiger partial charge in [-0.1, -0.05) is 6.42 Å². The summed E-state index contributed by atoms with van der Waals surface area (Å²) in [6, 6.07) is 2.99. The van der Waals surface area contributed by atoms with Crippen LogP contribution in [0.4, 0.5) is 8.78 Å². The van der Waals surface area contributed by atoms with Gasteiger partial charge in [-0.3, -0.25) is 4.79 Å². The Bertz CT molecular complexity index is 628. The average molecular weight is 350 g/mol. The van der Waals surface area contributed by atoms with E-state index in [0.717, 1.165) is 44.4 Å². The third-order valence-corrected chi connectivity index (χ3v) is 5.78. The zero-order valence-corrected chi connectivity index (χ0v) is 14.3. The van der Waals surface area contributed by atoms with E-state index in [2.05, 4.69) is 4.90 Å². The van der Waals surface area contributed by atoms with Gasteiger partial charge in [-0.2, -0.15) is 0 Å². The molecule has 0 unspecified atom stereocenters. The lowest BCUT2D eigenvalue weighted by Gasteiger charge is -2.30. The molecule has 0 spiro atoms. The van der Waals surface area contributed by atoms with Crippen LogP contribution in [-0.2, 0) is 4.74 Å². The van der Waals surface area contributed by atoms with E-state index < -0.39 is 11.6 Å². The molecule has 3 heterocycles. The van der Waals surface area contributed by atoms with Crippen LogP contribution in [0.1, 0.15) is 29.6 Å². The first-order valence-corrected chi connectivity index (χ1v) is 9.19. The number of hydrogen-bond donors (Lipinski definition) is 0. The van der Waals surface area contributed by atoms with Crippen molar-refractivity contribution in [3.05, 3.63) is 35.4 Å². The van der Waals surface area contributed by atoms with Crippen molar-refractivity contribution in [1.82, 2.24) is 9.80 Å². The second-order valence-corrected chi connectivity index (χ2v) is 7.53. The first-order chi connectivity index (χ1) is 12.1. The Morgan fingerprint density at radius 2 is 1.80 bits per heavy atom. The summed E-state index contributed by atoms with van der Waals surface area (Å²) in [5.74, 6) is -0.994. The Morgan fingerprint density at radius 3 is 2.52 bits per heavy atom. The first kappa shape index (κ1) is 16.9. The van der Waals surface area contributed by atoms with E-state index in [4.69, 9.17) is 4.74 Å². The van der Waals surface area contributed by atoms with Crippen LogP contribution in [0.2, 0.25) is 0 Å². The molecule has 1 amide bonds. The van der Waals surface area contributed by atoms with Crippen molar-refractivity contribution >= 4 is 5.91 Å². The number of halogens is 2. The van der Waals surface area contributed by atoms with Crippen molar-refractivity contribution in [2.75, 3.05) is 39.3 Å². The summed E-state index contributed by atoms with van der Waals surface area (Å²) in [5, 5.41) is 0. The van der Waals surface area contributed by atoms with Crippen molar-refractivity contribution in [1.29, 1.82) is 0 Å². The van der Waals surface area contributed by atoms with Crippen LogP contribution in [0.5, 0.6) is 0 Å². The Morgan fingerprint density at radius 1 is 1.08 bits per heavy atom. The number of nitrogens with zero attached hydrogens (tertiary/aromatic N) is 2. The van der Waals surface area contributed by atoms with E-state index in [0.29, 0.717) is 24.9 Å². The molecule has 4 rings (SSSR count). The largest absolute Gasteiger partial charge is 0.376 e. The topological polar surface area (TPSA) is 32.8 Å². The predicted molar refractivity (Wildman–Crippen MR) is 89.3 cm³/mol. The zero-order chi connectivity index (χ0) is 17.4. The van der Waals surface area contributed by atoms with Gasteiger partial charge in [0.15, 0.2) is 0 Å². The SMILES string of the molecule is O=C(c1cc(F)cc(F)c1)N1C[C@@H]2[C@@H](CN3CCCCC3)CO[C@@H]2C1. The highest BCUT2D eigenvalue weighted by Gasteiger charge is 2.45. The summed E-state index contributed by atoms with van der Waals surface area (Å²) in [7, 11) is 0. The molecule has 0 aliphatic carbocycles. The fourth-order valence-electron chi connectivity index (χ4n) is 4.49. The third-order valence-electron chi connectivity index (χ3n) is 5.78. The van der Waals surface area contributed by atoms with E-state index in [9.17, 15) is 13.6 Å². The lowest BCUT2D eigenvalue weighted by molar-refractivity contribution is 0.0660. The minimum atomic E-state index is -0.720. The summed E-state index contributed by atoms with van der Waals surface area (Å²) >= 11 is 0. The Labute approximate surface area is 146 Å². The number of rotatable bonds is 3. The van der Waals surface area contributed by atoms with E-state index in [1.54, 1.807) is 4.90 Å². The molecule has 0 N–H and O–H groups in total. The van der Waals surface area contributed by atoms with Gasteiger partial charge in [0.25, 0.3) is 5.91 Å².